The minimum absolute atomic E-state index is 0.00891. The molecule has 0 bridgehead atoms. The number of nitrogens with one attached hydrogen (secondary N) is 2. The number of carbonyl (C=O) groups excluding carboxylic acids is 1. The number of nitrogens with zero attached hydrogens (tertiary/aromatic N) is 1. The molecule has 0 aliphatic rings. The van der Waals surface area contributed by atoms with Gasteiger partial charge in [-0.1, -0.05) is 17.7 Å². The molecule has 144 valence electrons. The van der Waals surface area contributed by atoms with Gasteiger partial charge < -0.3 is 20.3 Å². The number of thiocarbonyl (C=S) groups is 1. The Hall–Kier alpha value is -2.81. The molecule has 0 fully saturated rings. The van der Waals surface area contributed by atoms with Crippen molar-refractivity contribution >= 4 is 34.6 Å². The van der Waals surface area contributed by atoms with Crippen LogP contribution in [-0.4, -0.2) is 35.9 Å². The summed E-state index contributed by atoms with van der Waals surface area (Å²) >= 11 is 5.20. The van der Waals surface area contributed by atoms with Gasteiger partial charge in [0.05, 0.1) is 6.54 Å². The molecule has 0 saturated carbocycles. The van der Waals surface area contributed by atoms with Gasteiger partial charge in [-0.25, -0.2) is 0 Å². The van der Waals surface area contributed by atoms with Gasteiger partial charge in [0, 0.05) is 18.4 Å². The fraction of sp³-hybridized carbons (Fsp3) is 0.222. The standard InChI is InChI=1S/C18H18F3N3O2S/c1-12-3-5-13(6-4-12)22-16(25)11-24(2)17(27)23-14-7-9-15(10-8-14)26-18(19,20)21/h3-10H,11H2,1-2H3,(H,22,25)(H,23,27). The Kier molecular flexibility index (Phi) is 6.62. The Labute approximate surface area is 160 Å². The van der Waals surface area contributed by atoms with Crippen LogP contribution in [0.2, 0.25) is 0 Å². The molecule has 0 aromatic heterocycles. The van der Waals surface area contributed by atoms with Gasteiger partial charge in [0.15, 0.2) is 5.11 Å². The van der Waals surface area contributed by atoms with Crippen molar-refractivity contribution in [2.24, 2.45) is 0 Å². The third kappa shape index (κ3) is 7.14. The molecule has 1 amide bonds. The number of aryl methyl sites for hydroxylation is 1. The largest absolute Gasteiger partial charge is 0.573 e. The first kappa shape index (κ1) is 20.5. The predicted molar refractivity (Wildman–Crippen MR) is 102 cm³/mol. The maximum absolute atomic E-state index is 12.2. The Morgan fingerprint density at radius 3 is 2.11 bits per heavy atom. The topological polar surface area (TPSA) is 53.6 Å². The number of rotatable bonds is 5. The zero-order valence-electron chi connectivity index (χ0n) is 14.6. The van der Waals surface area contributed by atoms with Gasteiger partial charge in [-0.3, -0.25) is 4.79 Å². The van der Waals surface area contributed by atoms with E-state index in [4.69, 9.17) is 12.2 Å². The Bertz CT molecular complexity index is 793. The van der Waals surface area contributed by atoms with E-state index in [0.717, 1.165) is 5.56 Å². The first-order valence-corrected chi connectivity index (χ1v) is 8.28. The Morgan fingerprint density at radius 2 is 1.56 bits per heavy atom. The average molecular weight is 397 g/mol. The Balaban J connectivity index is 1.85. The fourth-order valence-electron chi connectivity index (χ4n) is 2.08. The summed E-state index contributed by atoms with van der Waals surface area (Å²) in [6, 6.07) is 12.5. The van der Waals surface area contributed by atoms with Crippen LogP contribution in [0.15, 0.2) is 48.5 Å². The molecule has 0 aliphatic carbocycles. The van der Waals surface area contributed by atoms with Crippen LogP contribution < -0.4 is 15.4 Å². The van der Waals surface area contributed by atoms with E-state index < -0.39 is 6.36 Å². The highest BCUT2D eigenvalue weighted by atomic mass is 32.1. The smallest absolute Gasteiger partial charge is 0.406 e. The van der Waals surface area contributed by atoms with Gasteiger partial charge in [0.1, 0.15) is 5.75 Å². The summed E-state index contributed by atoms with van der Waals surface area (Å²) in [6.07, 6.45) is -4.74. The molecule has 0 spiro atoms. The second-order valence-electron chi connectivity index (χ2n) is 5.77. The van der Waals surface area contributed by atoms with Crippen molar-refractivity contribution in [3.8, 4) is 5.75 Å². The van der Waals surface area contributed by atoms with Crippen LogP contribution in [0.1, 0.15) is 5.56 Å². The van der Waals surface area contributed by atoms with Gasteiger partial charge in [-0.15, -0.1) is 13.2 Å². The molecule has 2 aromatic carbocycles. The lowest BCUT2D eigenvalue weighted by Crippen LogP contribution is -2.37. The van der Waals surface area contributed by atoms with Crippen molar-refractivity contribution < 1.29 is 22.7 Å². The molecule has 0 saturated heterocycles. The van der Waals surface area contributed by atoms with E-state index in [-0.39, 0.29) is 23.3 Å². The quantitative estimate of drug-likeness (QED) is 0.742. The van der Waals surface area contributed by atoms with E-state index in [1.165, 1.54) is 29.2 Å². The van der Waals surface area contributed by atoms with Crippen LogP contribution >= 0.6 is 12.2 Å². The molecule has 0 unspecified atom stereocenters. The minimum atomic E-state index is -4.74. The van der Waals surface area contributed by atoms with E-state index in [2.05, 4.69) is 15.4 Å². The summed E-state index contributed by atoms with van der Waals surface area (Å²) in [7, 11) is 1.63. The highest BCUT2D eigenvalue weighted by Gasteiger charge is 2.30. The molecule has 27 heavy (non-hydrogen) atoms. The molecule has 0 heterocycles. The first-order valence-electron chi connectivity index (χ1n) is 7.87. The zero-order valence-corrected chi connectivity index (χ0v) is 15.4. The van der Waals surface area contributed by atoms with Crippen LogP contribution in [0.3, 0.4) is 0 Å². The van der Waals surface area contributed by atoms with Crippen LogP contribution in [-0.2, 0) is 4.79 Å². The summed E-state index contributed by atoms with van der Waals surface area (Å²) < 4.78 is 40.3. The molecule has 0 radical (unpaired) electrons. The zero-order chi connectivity index (χ0) is 20.0. The SMILES string of the molecule is Cc1ccc(NC(=O)CN(C)C(=S)Nc2ccc(OC(F)(F)F)cc2)cc1. The maximum atomic E-state index is 12.2. The molecular formula is C18H18F3N3O2S. The van der Waals surface area contributed by atoms with E-state index >= 15 is 0 Å². The third-order valence-electron chi connectivity index (χ3n) is 3.40. The number of halogens is 3. The summed E-state index contributed by atoms with van der Waals surface area (Å²) in [5.41, 5.74) is 2.24. The number of alkyl halides is 3. The molecule has 0 atom stereocenters. The summed E-state index contributed by atoms with van der Waals surface area (Å²) in [4.78, 5) is 13.6. The van der Waals surface area contributed by atoms with Crippen LogP contribution in [0.5, 0.6) is 5.75 Å². The molecule has 2 N–H and O–H groups in total. The number of amides is 1. The molecule has 0 aliphatic heterocycles. The van der Waals surface area contributed by atoms with E-state index in [1.54, 1.807) is 19.2 Å². The average Bonchev–Trinajstić information content (AvgIpc) is 2.57. The van der Waals surface area contributed by atoms with Crippen molar-refractivity contribution in [3.05, 3.63) is 54.1 Å². The number of hydrogen-bond acceptors (Lipinski definition) is 3. The summed E-state index contributed by atoms with van der Waals surface area (Å²) in [5.74, 6) is -0.579. The van der Waals surface area contributed by atoms with E-state index in [1.807, 2.05) is 19.1 Å². The number of carbonyl (C=O) groups is 1. The van der Waals surface area contributed by atoms with Crippen molar-refractivity contribution in [2.45, 2.75) is 13.3 Å². The van der Waals surface area contributed by atoms with E-state index in [9.17, 15) is 18.0 Å². The first-order chi connectivity index (χ1) is 12.6. The van der Waals surface area contributed by atoms with Crippen molar-refractivity contribution in [1.82, 2.24) is 4.90 Å². The molecule has 2 aromatic rings. The lowest BCUT2D eigenvalue weighted by Gasteiger charge is -2.20. The Morgan fingerprint density at radius 1 is 1.04 bits per heavy atom. The number of likely N-dealkylation sites (N-methyl/N-ethyl adjacent to an activating group) is 1. The second kappa shape index (κ2) is 8.72. The predicted octanol–water partition coefficient (Wildman–Crippen LogP) is 4.16. The van der Waals surface area contributed by atoms with Crippen molar-refractivity contribution in [2.75, 3.05) is 24.2 Å². The molecular weight excluding hydrogens is 379 g/mol. The van der Waals surface area contributed by atoms with Gasteiger partial charge in [-0.05, 0) is 55.5 Å². The lowest BCUT2D eigenvalue weighted by molar-refractivity contribution is -0.274. The number of anilines is 2. The van der Waals surface area contributed by atoms with Gasteiger partial charge in [0.25, 0.3) is 0 Å². The van der Waals surface area contributed by atoms with Gasteiger partial charge in [0.2, 0.25) is 5.91 Å². The normalized spacial score (nSPS) is 10.9. The highest BCUT2D eigenvalue weighted by molar-refractivity contribution is 7.80. The van der Waals surface area contributed by atoms with Crippen LogP contribution in [0, 0.1) is 6.92 Å². The number of hydrogen-bond donors (Lipinski definition) is 2. The molecule has 5 nitrogen and oxygen atoms in total. The summed E-state index contributed by atoms with van der Waals surface area (Å²) in [5, 5.41) is 5.85. The van der Waals surface area contributed by atoms with Gasteiger partial charge in [-0.2, -0.15) is 0 Å². The number of ether oxygens (including phenoxy) is 1. The highest BCUT2D eigenvalue weighted by Crippen LogP contribution is 2.24. The second-order valence-corrected chi connectivity index (χ2v) is 6.16. The fourth-order valence-corrected chi connectivity index (χ4v) is 2.27. The van der Waals surface area contributed by atoms with Crippen molar-refractivity contribution in [1.29, 1.82) is 0 Å². The third-order valence-corrected chi connectivity index (χ3v) is 3.82. The number of benzene rings is 2. The molecule has 9 heteroatoms. The minimum Gasteiger partial charge on any atom is -0.406 e. The molecule has 2 rings (SSSR count). The monoisotopic (exact) mass is 397 g/mol. The van der Waals surface area contributed by atoms with Crippen LogP contribution in [0.4, 0.5) is 24.5 Å². The van der Waals surface area contributed by atoms with Crippen molar-refractivity contribution in [3.63, 3.8) is 0 Å². The van der Waals surface area contributed by atoms with E-state index in [0.29, 0.717) is 11.4 Å². The van der Waals surface area contributed by atoms with Crippen LogP contribution in [0.25, 0.3) is 0 Å². The lowest BCUT2D eigenvalue weighted by atomic mass is 10.2. The van der Waals surface area contributed by atoms with Gasteiger partial charge >= 0.3 is 6.36 Å². The maximum Gasteiger partial charge on any atom is 0.573 e. The summed E-state index contributed by atoms with van der Waals surface area (Å²) in [6.45, 7) is 1.96.